The Kier molecular flexibility index (Phi) is 5.03. The zero-order valence-corrected chi connectivity index (χ0v) is 15.1. The van der Waals surface area contributed by atoms with E-state index in [1.807, 2.05) is 24.3 Å². The Hall–Kier alpha value is -1.32. The van der Waals surface area contributed by atoms with Crippen LogP contribution in [0.1, 0.15) is 33.3 Å². The van der Waals surface area contributed by atoms with Crippen LogP contribution < -0.4 is 5.46 Å². The second kappa shape index (κ2) is 6.89. The topological polar surface area (TPSA) is 30.9 Å². The average Bonchev–Trinajstić information content (AvgIpc) is 2.77. The van der Waals surface area contributed by atoms with Crippen LogP contribution in [-0.4, -0.2) is 56.1 Å². The highest BCUT2D eigenvalue weighted by Crippen LogP contribution is 2.36. The molecular formula is C19H26BNO3. The van der Waals surface area contributed by atoms with Crippen LogP contribution in [0.3, 0.4) is 0 Å². The normalized spacial score (nSPS) is 22.9. The van der Waals surface area contributed by atoms with Crippen LogP contribution in [-0.2, 0) is 14.0 Å². The third kappa shape index (κ3) is 3.84. The molecule has 128 valence electrons. The molecule has 2 aliphatic heterocycles. The van der Waals surface area contributed by atoms with Gasteiger partial charge in [-0.1, -0.05) is 24.0 Å². The molecule has 0 atom stereocenters. The van der Waals surface area contributed by atoms with E-state index in [0.29, 0.717) is 0 Å². The van der Waals surface area contributed by atoms with Gasteiger partial charge in [0.25, 0.3) is 0 Å². The van der Waals surface area contributed by atoms with Crippen molar-refractivity contribution in [2.24, 2.45) is 0 Å². The molecule has 0 aliphatic carbocycles. The van der Waals surface area contributed by atoms with E-state index in [2.05, 4.69) is 44.4 Å². The molecule has 0 aromatic heterocycles. The summed E-state index contributed by atoms with van der Waals surface area (Å²) in [5, 5.41) is 0. The smallest absolute Gasteiger partial charge is 0.399 e. The first kappa shape index (κ1) is 17.5. The molecule has 0 unspecified atom stereocenters. The lowest BCUT2D eigenvalue weighted by molar-refractivity contribution is 0.00578. The lowest BCUT2D eigenvalue weighted by atomic mass is 9.79. The van der Waals surface area contributed by atoms with Gasteiger partial charge in [-0.15, -0.1) is 0 Å². The van der Waals surface area contributed by atoms with Gasteiger partial charge in [-0.25, -0.2) is 0 Å². The van der Waals surface area contributed by atoms with Gasteiger partial charge in [0.05, 0.1) is 31.0 Å². The number of rotatable bonds is 2. The van der Waals surface area contributed by atoms with Crippen LogP contribution in [0.5, 0.6) is 0 Å². The van der Waals surface area contributed by atoms with Crippen LogP contribution in [0, 0.1) is 11.8 Å². The molecule has 4 nitrogen and oxygen atoms in total. The van der Waals surface area contributed by atoms with Gasteiger partial charge in [0.1, 0.15) is 0 Å². The van der Waals surface area contributed by atoms with Crippen molar-refractivity contribution in [1.29, 1.82) is 0 Å². The molecule has 0 bridgehead atoms. The molecule has 0 amide bonds. The van der Waals surface area contributed by atoms with Gasteiger partial charge in [-0.05, 0) is 45.3 Å². The summed E-state index contributed by atoms with van der Waals surface area (Å²) in [6, 6.07) is 8.15. The maximum Gasteiger partial charge on any atom is 0.494 e. The number of ether oxygens (including phenoxy) is 1. The van der Waals surface area contributed by atoms with Gasteiger partial charge in [0.15, 0.2) is 0 Å². The molecule has 2 saturated heterocycles. The Morgan fingerprint density at radius 3 is 2.17 bits per heavy atom. The number of morpholine rings is 1. The minimum absolute atomic E-state index is 0.311. The maximum atomic E-state index is 6.07. The fourth-order valence-electron chi connectivity index (χ4n) is 2.72. The third-order valence-corrected chi connectivity index (χ3v) is 5.08. The molecule has 2 heterocycles. The van der Waals surface area contributed by atoms with Crippen molar-refractivity contribution < 1.29 is 14.0 Å². The van der Waals surface area contributed by atoms with E-state index >= 15 is 0 Å². The Labute approximate surface area is 145 Å². The fraction of sp³-hybridized carbons (Fsp3) is 0.579. The molecule has 3 rings (SSSR count). The van der Waals surface area contributed by atoms with Gasteiger partial charge in [-0.3, -0.25) is 4.90 Å². The standard InChI is InChI=1S/C19H26BNO3/c1-18(2)19(3,4)24-20(23-18)17-9-7-16(8-10-17)6-5-11-21-12-14-22-15-13-21/h7-10H,11-15H2,1-4H3. The highest BCUT2D eigenvalue weighted by atomic mass is 16.7. The average molecular weight is 327 g/mol. The van der Waals surface area contributed by atoms with E-state index in [1.54, 1.807) is 0 Å². The highest BCUT2D eigenvalue weighted by Gasteiger charge is 2.51. The van der Waals surface area contributed by atoms with Crippen LogP contribution in [0.2, 0.25) is 0 Å². The number of hydrogen-bond donors (Lipinski definition) is 0. The molecule has 0 saturated carbocycles. The van der Waals surface area contributed by atoms with Crippen molar-refractivity contribution in [3.05, 3.63) is 29.8 Å². The first-order valence-electron chi connectivity index (χ1n) is 8.62. The number of nitrogens with zero attached hydrogens (tertiary/aromatic N) is 1. The lowest BCUT2D eigenvalue weighted by Crippen LogP contribution is -2.41. The second-order valence-corrected chi connectivity index (χ2v) is 7.40. The summed E-state index contributed by atoms with van der Waals surface area (Å²) in [6.07, 6.45) is 0. The zero-order chi connectivity index (χ0) is 17.2. The Bertz CT molecular complexity index is 608. The van der Waals surface area contributed by atoms with E-state index in [9.17, 15) is 0 Å². The summed E-state index contributed by atoms with van der Waals surface area (Å²) in [4.78, 5) is 2.31. The van der Waals surface area contributed by atoms with E-state index < -0.39 is 0 Å². The van der Waals surface area contributed by atoms with Crippen molar-refractivity contribution in [2.45, 2.75) is 38.9 Å². The van der Waals surface area contributed by atoms with Crippen molar-refractivity contribution in [2.75, 3.05) is 32.8 Å². The maximum absolute atomic E-state index is 6.07. The van der Waals surface area contributed by atoms with Crippen molar-refractivity contribution in [3.8, 4) is 11.8 Å². The summed E-state index contributed by atoms with van der Waals surface area (Å²) in [6.45, 7) is 12.6. The van der Waals surface area contributed by atoms with E-state index in [1.165, 1.54) is 0 Å². The molecule has 0 spiro atoms. The van der Waals surface area contributed by atoms with E-state index in [4.69, 9.17) is 14.0 Å². The van der Waals surface area contributed by atoms with Gasteiger partial charge in [-0.2, -0.15) is 0 Å². The molecule has 2 fully saturated rings. The summed E-state index contributed by atoms with van der Waals surface area (Å²) in [5.41, 5.74) is 1.43. The zero-order valence-electron chi connectivity index (χ0n) is 15.1. The molecule has 5 heteroatoms. The number of hydrogen-bond acceptors (Lipinski definition) is 4. The molecule has 2 aliphatic rings. The highest BCUT2D eigenvalue weighted by molar-refractivity contribution is 6.62. The summed E-state index contributed by atoms with van der Waals surface area (Å²) in [7, 11) is -0.314. The molecule has 1 aromatic rings. The monoisotopic (exact) mass is 327 g/mol. The van der Waals surface area contributed by atoms with Gasteiger partial charge in [0.2, 0.25) is 0 Å². The minimum atomic E-state index is -0.314. The van der Waals surface area contributed by atoms with Crippen molar-refractivity contribution in [1.82, 2.24) is 4.90 Å². The quantitative estimate of drug-likeness (QED) is 0.611. The minimum Gasteiger partial charge on any atom is -0.399 e. The first-order chi connectivity index (χ1) is 11.4. The molecular weight excluding hydrogens is 301 g/mol. The van der Waals surface area contributed by atoms with E-state index in [0.717, 1.165) is 43.9 Å². The first-order valence-corrected chi connectivity index (χ1v) is 8.62. The summed E-state index contributed by atoms with van der Waals surface area (Å²) >= 11 is 0. The molecule has 0 N–H and O–H groups in total. The lowest BCUT2D eigenvalue weighted by Gasteiger charge is -2.32. The van der Waals surface area contributed by atoms with Gasteiger partial charge in [0, 0.05) is 18.7 Å². The fourth-order valence-corrected chi connectivity index (χ4v) is 2.72. The Balaban J connectivity index is 1.60. The molecule has 24 heavy (non-hydrogen) atoms. The predicted octanol–water partition coefficient (Wildman–Crippen LogP) is 1.67. The largest absolute Gasteiger partial charge is 0.494 e. The summed E-state index contributed by atoms with van der Waals surface area (Å²) < 4.78 is 17.5. The van der Waals surface area contributed by atoms with E-state index in [-0.39, 0.29) is 18.3 Å². The Morgan fingerprint density at radius 1 is 1.00 bits per heavy atom. The number of benzene rings is 1. The van der Waals surface area contributed by atoms with Crippen molar-refractivity contribution in [3.63, 3.8) is 0 Å². The predicted molar refractivity (Wildman–Crippen MR) is 96.3 cm³/mol. The van der Waals surface area contributed by atoms with Crippen LogP contribution in [0.4, 0.5) is 0 Å². The van der Waals surface area contributed by atoms with Crippen LogP contribution >= 0.6 is 0 Å². The van der Waals surface area contributed by atoms with Crippen LogP contribution in [0.25, 0.3) is 0 Å². The van der Waals surface area contributed by atoms with Gasteiger partial charge >= 0.3 is 7.12 Å². The van der Waals surface area contributed by atoms with Crippen LogP contribution in [0.15, 0.2) is 24.3 Å². The van der Waals surface area contributed by atoms with Crippen molar-refractivity contribution >= 4 is 12.6 Å². The SMILES string of the molecule is CC1(C)OB(c2ccc(C#CCN3CCOCC3)cc2)OC1(C)C. The molecule has 0 radical (unpaired) electrons. The molecule has 1 aromatic carbocycles. The Morgan fingerprint density at radius 2 is 1.58 bits per heavy atom. The third-order valence-electron chi connectivity index (χ3n) is 5.08. The second-order valence-electron chi connectivity index (χ2n) is 7.40. The summed E-state index contributed by atoms with van der Waals surface area (Å²) in [5.74, 6) is 6.47. The van der Waals surface area contributed by atoms with Gasteiger partial charge < -0.3 is 14.0 Å².